The summed E-state index contributed by atoms with van der Waals surface area (Å²) in [6.45, 7) is 14.5. The number of aromatic nitrogens is 5. The number of piperazine rings is 2. The molecule has 19 nitrogen and oxygen atoms in total. The monoisotopic (exact) mass is 1150 g/mol. The number of nitrogens with zero attached hydrogens (tertiary/aromatic N) is 10. The fraction of sp³-hybridized carbons (Fsp3) is 0.500. The van der Waals surface area contributed by atoms with Gasteiger partial charge in [-0.3, -0.25) is 19.6 Å². The molecular weight excluding hydrogens is 1080 g/mol. The summed E-state index contributed by atoms with van der Waals surface area (Å²) >= 11 is 1.61. The molecule has 4 aromatic heterocycles. The summed E-state index contributed by atoms with van der Waals surface area (Å²) in [5, 5.41) is 36.3. The highest BCUT2D eigenvalue weighted by Crippen LogP contribution is 2.41. The summed E-state index contributed by atoms with van der Waals surface area (Å²) in [4.78, 5) is 57.4. The van der Waals surface area contributed by atoms with E-state index in [4.69, 9.17) is 28.9 Å². The van der Waals surface area contributed by atoms with Crippen LogP contribution in [0.4, 0.5) is 20.8 Å². The number of fused-ring (bicyclic) bond motifs is 4. The predicted molar refractivity (Wildman–Crippen MR) is 317 cm³/mol. The zero-order valence-electron chi connectivity index (χ0n) is 48.1. The van der Waals surface area contributed by atoms with Gasteiger partial charge in [-0.05, 0) is 111 Å². The summed E-state index contributed by atoms with van der Waals surface area (Å²) in [6.07, 6.45) is 6.15. The molecule has 0 aliphatic carbocycles. The predicted octanol–water partition coefficient (Wildman–Crippen LogP) is 8.81. The van der Waals surface area contributed by atoms with Gasteiger partial charge in [-0.2, -0.15) is 9.97 Å². The van der Waals surface area contributed by atoms with Crippen LogP contribution in [-0.4, -0.2) is 165 Å². The summed E-state index contributed by atoms with van der Waals surface area (Å²) in [5.74, 6) is 0.607. The zero-order chi connectivity index (χ0) is 57.6. The van der Waals surface area contributed by atoms with E-state index in [1.54, 1.807) is 34.6 Å². The Hall–Kier alpha value is -7.04. The molecule has 7 aromatic rings. The van der Waals surface area contributed by atoms with Crippen LogP contribution >= 0.6 is 11.3 Å². The molecule has 21 heteroatoms. The number of benzene rings is 3. The summed E-state index contributed by atoms with van der Waals surface area (Å²) in [6, 6.07) is 19.1. The Morgan fingerprint density at radius 3 is 2.40 bits per heavy atom. The van der Waals surface area contributed by atoms with Crippen LogP contribution in [0.3, 0.4) is 0 Å². The number of hydrogen-bond donors (Lipinski definition) is 4. The number of ether oxygens (including phenoxy) is 2. The fourth-order valence-corrected chi connectivity index (χ4v) is 14.2. The number of aliphatic hydroxyl groups excluding tert-OH is 1. The minimum Gasteiger partial charge on any atom is -0.508 e. The van der Waals surface area contributed by atoms with Crippen LogP contribution in [0, 0.1) is 18.7 Å². The number of amides is 2. The first-order chi connectivity index (χ1) is 40.2. The maximum Gasteiger partial charge on any atom is 0.409 e. The number of carbonyl (C=O) groups is 2. The normalized spacial score (nSPS) is 22.5. The number of hydrogen-bond acceptors (Lipinski definition) is 18. The Morgan fingerprint density at radius 1 is 0.916 bits per heavy atom. The number of carbonyl (C=O) groups excluding carboxylic acids is 2. The molecule has 3 aromatic carbocycles. The SMILES string of the molecule is CCc1cccc2cc(O)cc(-c3ncc4c(N5CC6CCC(C5)N6)nc(OC[C@@H]5CC[C@@H](COC(=O)N6CCN(c7cc([C@H](C(C)C)C(O)N8CCC[C@H]8C(=O)N[C@@H](C)c8ccc(-c9scnc9C)cc8)on7)CC6)N5C)nc4c3F)c12. The van der Waals surface area contributed by atoms with Gasteiger partial charge in [-0.1, -0.05) is 68.4 Å². The molecule has 5 aliphatic rings. The first-order valence-electron chi connectivity index (χ1n) is 29.5. The molecule has 12 rings (SSSR count). The van der Waals surface area contributed by atoms with E-state index in [-0.39, 0.29) is 72.2 Å². The number of halogens is 1. The van der Waals surface area contributed by atoms with Crippen LogP contribution in [0.2, 0.25) is 0 Å². The third kappa shape index (κ3) is 11.4. The lowest BCUT2D eigenvalue weighted by atomic mass is 9.90. The van der Waals surface area contributed by atoms with Crippen molar-refractivity contribution in [1.82, 2.24) is 50.4 Å². The van der Waals surface area contributed by atoms with Crippen molar-refractivity contribution in [3.8, 4) is 33.5 Å². The molecule has 8 atom stereocenters. The third-order valence-corrected chi connectivity index (χ3v) is 19.1. The molecule has 9 heterocycles. The van der Waals surface area contributed by atoms with Gasteiger partial charge in [0, 0.05) is 87.8 Å². The maximum absolute atomic E-state index is 17.2. The van der Waals surface area contributed by atoms with Crippen molar-refractivity contribution >= 4 is 56.6 Å². The molecule has 0 radical (unpaired) electrons. The van der Waals surface area contributed by atoms with Gasteiger partial charge in [-0.25, -0.2) is 14.2 Å². The fourth-order valence-electron chi connectivity index (χ4n) is 13.4. The van der Waals surface area contributed by atoms with Gasteiger partial charge in [0.05, 0.1) is 39.5 Å². The number of likely N-dealkylation sites (tertiary alicyclic amines) is 2. The van der Waals surface area contributed by atoms with Crippen LogP contribution in [0.1, 0.15) is 101 Å². The van der Waals surface area contributed by atoms with Crippen molar-refractivity contribution < 1.29 is 38.2 Å². The lowest BCUT2D eigenvalue weighted by Gasteiger charge is -2.35. The highest BCUT2D eigenvalue weighted by atomic mass is 32.1. The van der Waals surface area contributed by atoms with Gasteiger partial charge in [-0.15, -0.1) is 11.3 Å². The number of phenolic OH excluding ortho intramolecular Hbond substituents is 1. The van der Waals surface area contributed by atoms with Crippen molar-refractivity contribution in [1.29, 1.82) is 0 Å². The van der Waals surface area contributed by atoms with Gasteiger partial charge in [0.2, 0.25) is 5.91 Å². The second-order valence-corrected chi connectivity index (χ2v) is 24.5. The molecular formula is C62H75FN12O7S. The second kappa shape index (κ2) is 23.9. The third-order valence-electron chi connectivity index (χ3n) is 18.1. The summed E-state index contributed by atoms with van der Waals surface area (Å²) in [5.41, 5.74) is 6.68. The highest BCUT2D eigenvalue weighted by Gasteiger charge is 2.42. The van der Waals surface area contributed by atoms with Crippen LogP contribution in [0.15, 0.2) is 76.9 Å². The van der Waals surface area contributed by atoms with Gasteiger partial charge < -0.3 is 49.5 Å². The molecule has 5 saturated heterocycles. The number of thiazole rings is 1. The number of phenols is 1. The highest BCUT2D eigenvalue weighted by molar-refractivity contribution is 7.13. The van der Waals surface area contributed by atoms with E-state index in [1.807, 2.05) is 81.6 Å². The smallest absolute Gasteiger partial charge is 0.409 e. The Kier molecular flexibility index (Phi) is 16.3. The van der Waals surface area contributed by atoms with E-state index >= 15 is 4.39 Å². The van der Waals surface area contributed by atoms with Crippen molar-refractivity contribution in [3.63, 3.8) is 0 Å². The number of aliphatic hydroxyl groups is 1. The molecule has 2 amide bonds. The topological polar surface area (TPSA) is 211 Å². The van der Waals surface area contributed by atoms with Crippen molar-refractivity contribution in [2.45, 2.75) is 128 Å². The average Bonchev–Trinajstić information content (AvgIpc) is 4.58. The second-order valence-electron chi connectivity index (χ2n) is 23.6. The van der Waals surface area contributed by atoms with Crippen LogP contribution < -0.4 is 25.2 Å². The van der Waals surface area contributed by atoms with Gasteiger partial charge in [0.15, 0.2) is 11.6 Å². The molecule has 438 valence electrons. The van der Waals surface area contributed by atoms with Crippen molar-refractivity contribution in [2.75, 3.05) is 75.9 Å². The maximum atomic E-state index is 17.2. The van der Waals surface area contributed by atoms with Gasteiger partial charge in [0.25, 0.3) is 0 Å². The van der Waals surface area contributed by atoms with Crippen LogP contribution in [0.5, 0.6) is 11.8 Å². The first-order valence-corrected chi connectivity index (χ1v) is 30.4. The van der Waals surface area contributed by atoms with Crippen LogP contribution in [-0.2, 0) is 16.0 Å². The Morgan fingerprint density at radius 2 is 1.67 bits per heavy atom. The minimum absolute atomic E-state index is 0.0238. The molecule has 2 bridgehead atoms. The number of anilines is 2. The number of aromatic hydroxyl groups is 1. The van der Waals surface area contributed by atoms with E-state index in [9.17, 15) is 19.8 Å². The molecule has 0 saturated carbocycles. The quantitative estimate of drug-likeness (QED) is 0.0671. The molecule has 0 spiro atoms. The van der Waals surface area contributed by atoms with Crippen molar-refractivity contribution in [3.05, 3.63) is 101 Å². The number of rotatable bonds is 17. The molecule has 4 N–H and O–H groups in total. The number of aryl methyl sites for hydroxylation is 2. The molecule has 5 aliphatic heterocycles. The Bertz CT molecular complexity index is 3470. The van der Waals surface area contributed by atoms with E-state index in [2.05, 4.69) is 54.5 Å². The average molecular weight is 1150 g/mol. The number of pyridine rings is 1. The van der Waals surface area contributed by atoms with Crippen molar-refractivity contribution in [2.24, 2.45) is 5.92 Å². The largest absolute Gasteiger partial charge is 0.508 e. The van der Waals surface area contributed by atoms with E-state index in [1.165, 1.54) is 0 Å². The van der Waals surface area contributed by atoms with E-state index < -0.39 is 24.0 Å². The summed E-state index contributed by atoms with van der Waals surface area (Å²) < 4.78 is 35.6. The van der Waals surface area contributed by atoms with E-state index in [0.29, 0.717) is 92.7 Å². The van der Waals surface area contributed by atoms with Crippen LogP contribution in [0.25, 0.3) is 43.4 Å². The Labute approximate surface area is 487 Å². The summed E-state index contributed by atoms with van der Waals surface area (Å²) in [7, 11) is 2.01. The van der Waals surface area contributed by atoms with Gasteiger partial charge in [0.1, 0.15) is 48.0 Å². The molecule has 5 fully saturated rings. The van der Waals surface area contributed by atoms with Gasteiger partial charge >= 0.3 is 12.1 Å². The molecule has 83 heavy (non-hydrogen) atoms. The lowest BCUT2D eigenvalue weighted by Crippen LogP contribution is -2.51. The first kappa shape index (κ1) is 56.4. The number of likely N-dealkylation sites (N-methyl/N-ethyl adjacent to an activating group) is 1. The lowest BCUT2D eigenvalue weighted by molar-refractivity contribution is -0.131. The minimum atomic E-state index is -0.976. The zero-order valence-corrected chi connectivity index (χ0v) is 48.9. The molecule has 3 unspecified atom stereocenters. The standard InChI is InChI=1S/C62H75FN12O7S/c1-7-38-10-8-11-41-26-46(76)27-47(53(38)41)55-54(63)56-48(29-64-55)58(74-30-42-17-18-43(31-74)67-42)69-61(68-56)80-32-44-19-20-45(71(44)6)33-81-62(79)73-24-22-72(23-25-73)51-28-50(82-70-51)52(35(2)3)60(78)75-21-9-12-49(75)59(77)66-36(4)39-13-15-40(16-14-39)57-37(5)65-34-83-57/h8,10-11,13-16,26-29,34-36,42-45,49,52,60,67,76,78H,7,9,12,17-25,30-33H2,1-6H3,(H,66,77)/t36-,42?,43?,44-,45-,49-,52-,60?/m0/s1. The number of nitrogens with one attached hydrogen (secondary N) is 2. The Balaban J connectivity index is 0.646. The van der Waals surface area contributed by atoms with E-state index in [0.717, 1.165) is 76.6 Å².